The monoisotopic (exact) mass is 238 g/mol. The van der Waals surface area contributed by atoms with E-state index in [1.807, 2.05) is 6.92 Å². The van der Waals surface area contributed by atoms with Crippen LogP contribution >= 0.6 is 0 Å². The molecule has 1 aliphatic rings. The standard InChI is InChI=1S/C13H19FN2O/c1-2-5-17-13-7-12(11(15)6-10(13)14)16-8-9-3-4-9/h6-7,9,16H,2-5,8,15H2,1H3. The average molecular weight is 238 g/mol. The van der Waals surface area contributed by atoms with Gasteiger partial charge < -0.3 is 15.8 Å². The molecule has 0 amide bonds. The van der Waals surface area contributed by atoms with Crippen LogP contribution in [0.25, 0.3) is 0 Å². The summed E-state index contributed by atoms with van der Waals surface area (Å²) in [5.41, 5.74) is 6.97. The Morgan fingerprint density at radius 3 is 2.88 bits per heavy atom. The van der Waals surface area contributed by atoms with Gasteiger partial charge in [0.15, 0.2) is 11.6 Å². The number of rotatable bonds is 6. The topological polar surface area (TPSA) is 47.3 Å². The van der Waals surface area contributed by atoms with E-state index >= 15 is 0 Å². The van der Waals surface area contributed by atoms with Gasteiger partial charge in [0.2, 0.25) is 0 Å². The third kappa shape index (κ3) is 3.25. The Kier molecular flexibility index (Phi) is 3.71. The number of hydrogen-bond donors (Lipinski definition) is 2. The molecule has 4 heteroatoms. The van der Waals surface area contributed by atoms with Crippen molar-refractivity contribution >= 4 is 11.4 Å². The van der Waals surface area contributed by atoms with E-state index in [0.717, 1.165) is 24.6 Å². The maximum Gasteiger partial charge on any atom is 0.167 e. The molecule has 0 aromatic heterocycles. The molecule has 3 N–H and O–H groups in total. The molecule has 1 aromatic rings. The summed E-state index contributed by atoms with van der Waals surface area (Å²) in [6, 6.07) is 2.98. The lowest BCUT2D eigenvalue weighted by Gasteiger charge is -2.12. The zero-order chi connectivity index (χ0) is 12.3. The largest absolute Gasteiger partial charge is 0.490 e. The molecule has 1 saturated carbocycles. The van der Waals surface area contributed by atoms with E-state index in [9.17, 15) is 4.39 Å². The second kappa shape index (κ2) is 5.25. The normalized spacial score (nSPS) is 14.7. The Balaban J connectivity index is 2.06. The Morgan fingerprint density at radius 2 is 2.24 bits per heavy atom. The van der Waals surface area contributed by atoms with Gasteiger partial charge in [-0.1, -0.05) is 6.92 Å². The van der Waals surface area contributed by atoms with Crippen molar-refractivity contribution in [1.29, 1.82) is 0 Å². The first-order valence-corrected chi connectivity index (χ1v) is 6.16. The summed E-state index contributed by atoms with van der Waals surface area (Å²) in [4.78, 5) is 0. The smallest absolute Gasteiger partial charge is 0.167 e. The number of ether oxygens (including phenoxy) is 1. The average Bonchev–Trinajstić information content (AvgIpc) is 3.10. The molecule has 3 nitrogen and oxygen atoms in total. The number of nitrogens with one attached hydrogen (secondary N) is 1. The maximum atomic E-state index is 13.5. The first-order chi connectivity index (χ1) is 8.20. The van der Waals surface area contributed by atoms with E-state index in [0.29, 0.717) is 12.3 Å². The first kappa shape index (κ1) is 12.0. The summed E-state index contributed by atoms with van der Waals surface area (Å²) >= 11 is 0. The van der Waals surface area contributed by atoms with Crippen LogP contribution in [0, 0.1) is 11.7 Å². The molecular formula is C13H19FN2O. The highest BCUT2D eigenvalue weighted by Crippen LogP contribution is 2.32. The van der Waals surface area contributed by atoms with Gasteiger partial charge >= 0.3 is 0 Å². The number of hydrogen-bond acceptors (Lipinski definition) is 3. The van der Waals surface area contributed by atoms with Gasteiger partial charge in [-0.3, -0.25) is 0 Å². The van der Waals surface area contributed by atoms with Crippen molar-refractivity contribution in [2.45, 2.75) is 26.2 Å². The van der Waals surface area contributed by atoms with Crippen LogP contribution in [0.3, 0.4) is 0 Å². The quantitative estimate of drug-likeness (QED) is 0.749. The van der Waals surface area contributed by atoms with E-state index in [4.69, 9.17) is 10.5 Å². The van der Waals surface area contributed by atoms with Crippen LogP contribution in [-0.2, 0) is 0 Å². The van der Waals surface area contributed by atoms with Crippen molar-refractivity contribution in [2.24, 2.45) is 5.92 Å². The number of nitrogens with two attached hydrogens (primary N) is 1. The molecule has 0 spiro atoms. The van der Waals surface area contributed by atoms with Crippen LogP contribution in [0.5, 0.6) is 5.75 Å². The molecular weight excluding hydrogens is 219 g/mol. The molecule has 0 saturated heterocycles. The van der Waals surface area contributed by atoms with E-state index in [1.54, 1.807) is 6.07 Å². The number of nitrogen functional groups attached to an aromatic ring is 1. The third-order valence-corrected chi connectivity index (χ3v) is 2.84. The highest BCUT2D eigenvalue weighted by atomic mass is 19.1. The van der Waals surface area contributed by atoms with E-state index < -0.39 is 5.82 Å². The van der Waals surface area contributed by atoms with Crippen LogP contribution < -0.4 is 15.8 Å². The molecule has 94 valence electrons. The molecule has 0 aliphatic heterocycles. The second-order valence-corrected chi connectivity index (χ2v) is 4.54. The molecule has 17 heavy (non-hydrogen) atoms. The Hall–Kier alpha value is -1.45. The van der Waals surface area contributed by atoms with E-state index in [2.05, 4.69) is 5.32 Å². The van der Waals surface area contributed by atoms with Gasteiger partial charge in [0.1, 0.15) is 0 Å². The minimum absolute atomic E-state index is 0.277. The van der Waals surface area contributed by atoms with Crippen LogP contribution in [0.4, 0.5) is 15.8 Å². The molecule has 1 aromatic carbocycles. The first-order valence-electron chi connectivity index (χ1n) is 6.16. The Labute approximate surface area is 101 Å². The minimum Gasteiger partial charge on any atom is -0.490 e. The molecule has 0 radical (unpaired) electrons. The summed E-state index contributed by atoms with van der Waals surface area (Å²) in [6.07, 6.45) is 3.40. The molecule has 1 fully saturated rings. The predicted molar refractivity (Wildman–Crippen MR) is 67.8 cm³/mol. The fraction of sp³-hybridized carbons (Fsp3) is 0.538. The fourth-order valence-corrected chi connectivity index (χ4v) is 1.62. The van der Waals surface area contributed by atoms with Gasteiger partial charge in [0.05, 0.1) is 18.0 Å². The zero-order valence-corrected chi connectivity index (χ0v) is 10.1. The summed E-state index contributed by atoms with van der Waals surface area (Å²) in [7, 11) is 0. The Morgan fingerprint density at radius 1 is 1.47 bits per heavy atom. The minimum atomic E-state index is -0.395. The van der Waals surface area contributed by atoms with Crippen LogP contribution in [-0.4, -0.2) is 13.2 Å². The molecule has 0 heterocycles. The van der Waals surface area contributed by atoms with Gasteiger partial charge in [-0.25, -0.2) is 4.39 Å². The van der Waals surface area contributed by atoms with Crippen molar-refractivity contribution < 1.29 is 9.13 Å². The lowest BCUT2D eigenvalue weighted by Crippen LogP contribution is -2.07. The van der Waals surface area contributed by atoms with Crippen molar-refractivity contribution in [3.05, 3.63) is 17.9 Å². The maximum absolute atomic E-state index is 13.5. The van der Waals surface area contributed by atoms with E-state index in [1.165, 1.54) is 18.9 Å². The Bertz CT molecular complexity index is 391. The summed E-state index contributed by atoms with van der Waals surface area (Å²) in [5.74, 6) is 0.631. The van der Waals surface area contributed by atoms with Crippen LogP contribution in [0.15, 0.2) is 12.1 Å². The molecule has 0 bridgehead atoms. The molecule has 1 aliphatic carbocycles. The molecule has 2 rings (SSSR count). The highest BCUT2D eigenvalue weighted by Gasteiger charge is 2.21. The van der Waals surface area contributed by atoms with Crippen LogP contribution in [0.2, 0.25) is 0 Å². The summed E-state index contributed by atoms with van der Waals surface area (Å²) < 4.78 is 18.9. The van der Waals surface area contributed by atoms with Gasteiger partial charge in [-0.2, -0.15) is 0 Å². The van der Waals surface area contributed by atoms with Crippen molar-refractivity contribution in [2.75, 3.05) is 24.2 Å². The number of halogens is 1. The number of anilines is 2. The zero-order valence-electron chi connectivity index (χ0n) is 10.1. The lowest BCUT2D eigenvalue weighted by molar-refractivity contribution is 0.301. The van der Waals surface area contributed by atoms with Gasteiger partial charge in [-0.05, 0) is 25.2 Å². The predicted octanol–water partition coefficient (Wildman–Crippen LogP) is 3.02. The third-order valence-electron chi connectivity index (χ3n) is 2.84. The van der Waals surface area contributed by atoms with Crippen LogP contribution in [0.1, 0.15) is 26.2 Å². The van der Waals surface area contributed by atoms with Crippen molar-refractivity contribution in [1.82, 2.24) is 0 Å². The molecule has 0 atom stereocenters. The molecule has 0 unspecified atom stereocenters. The number of benzene rings is 1. The van der Waals surface area contributed by atoms with E-state index in [-0.39, 0.29) is 5.75 Å². The second-order valence-electron chi connectivity index (χ2n) is 4.54. The lowest BCUT2D eigenvalue weighted by atomic mass is 10.2. The van der Waals surface area contributed by atoms with Gasteiger partial charge in [0, 0.05) is 18.7 Å². The van der Waals surface area contributed by atoms with Gasteiger partial charge in [0.25, 0.3) is 0 Å². The van der Waals surface area contributed by atoms with Crippen molar-refractivity contribution in [3.8, 4) is 5.75 Å². The summed E-state index contributed by atoms with van der Waals surface area (Å²) in [6.45, 7) is 3.41. The summed E-state index contributed by atoms with van der Waals surface area (Å²) in [5, 5.41) is 3.25. The highest BCUT2D eigenvalue weighted by molar-refractivity contribution is 5.68. The van der Waals surface area contributed by atoms with Crippen molar-refractivity contribution in [3.63, 3.8) is 0 Å². The van der Waals surface area contributed by atoms with Gasteiger partial charge in [-0.15, -0.1) is 0 Å². The SMILES string of the molecule is CCCOc1cc(NCC2CC2)c(N)cc1F. The fourth-order valence-electron chi connectivity index (χ4n) is 1.62.